The van der Waals surface area contributed by atoms with E-state index in [1.54, 1.807) is 24.3 Å². The molecule has 21 aromatic rings. The van der Waals surface area contributed by atoms with Crippen molar-refractivity contribution in [1.82, 2.24) is 8.97 Å². The van der Waals surface area contributed by atoms with Crippen molar-refractivity contribution in [1.29, 1.82) is 0 Å². The standard InChI is InChI=1S/C36H27F2N.C35H36N.C32H27F3N.C31H24F3N.2HI/c1-39(2)34-7-3-5-26(23-34)27-13-18-36-28(19-27)6-4-8-35(36)31-21-29(24-9-14-32(37)15-10-24)20-30(22-31)25-11-16-33(38)17-12-25;1-35(2,3)31-19-16-25(17-20-31)26-10-7-12-29(22-26)33-15-9-13-30-23-28(18-21-34(30)33)27-11-8-14-32(24-27)36(4,5)6;1-36(2,3)29-11-5-8-24(21-29)25-15-18-31-27(20-25)10-6-12-30(31)26-9-4-7-23(19-26)22-13-16-28(17-14-22)32(33,34)35;1-35(2)28-10-4-7-23(20-28)24-14-17-30-26(19-24)9-5-11-29(30)25-8-3-6-22(18-25)21-12-15-27(16-13-21)31(32,33)34;;/h3-23H,1-2H3;7-24H,1-6H3;4-21H,1-3H3;3-20H,1-2H3;2*1H/q;2*+1;;;/p-2. The number of hydrogen-bond acceptors (Lipinski definition) is 2. The minimum atomic E-state index is -4.34. The zero-order chi connectivity index (χ0) is 103. The second-order valence-electron chi connectivity index (χ2n) is 40.5. The van der Waals surface area contributed by atoms with Gasteiger partial charge in [-0.05, 0) is 344 Å². The van der Waals surface area contributed by atoms with Crippen molar-refractivity contribution in [3.8, 4) is 145 Å². The average Bonchev–Trinajstić information content (AvgIpc) is 0.757. The van der Waals surface area contributed by atoms with Gasteiger partial charge in [-0.25, -0.2) is 8.78 Å². The molecule has 0 fully saturated rings. The Kier molecular flexibility index (Phi) is 32.0. The number of hydrogen-bond donors (Lipinski definition) is 0. The number of nitrogens with zero attached hydrogens (tertiary/aromatic N) is 4. The summed E-state index contributed by atoms with van der Waals surface area (Å²) in [6.07, 6.45) is -8.68. The van der Waals surface area contributed by atoms with E-state index >= 15 is 0 Å². The van der Waals surface area contributed by atoms with E-state index in [0.717, 1.165) is 177 Å². The maximum Gasteiger partial charge on any atom is 0.416 e. The molecule has 0 radical (unpaired) electrons. The van der Waals surface area contributed by atoms with E-state index in [1.807, 2.05) is 82.8 Å². The van der Waals surface area contributed by atoms with Gasteiger partial charge in [0.15, 0.2) is 0 Å². The quantitative estimate of drug-likeness (QED) is 0.0509. The number of benzene rings is 21. The van der Waals surface area contributed by atoms with Gasteiger partial charge in [0.25, 0.3) is 0 Å². The molecule has 21 aromatic carbocycles. The van der Waals surface area contributed by atoms with Gasteiger partial charge in [-0.2, -0.15) is 26.3 Å². The molecule has 0 spiro atoms. The Balaban J connectivity index is 0.000000140. The van der Waals surface area contributed by atoms with E-state index in [4.69, 9.17) is 0 Å². The van der Waals surface area contributed by atoms with E-state index in [-0.39, 0.29) is 65.0 Å². The first-order chi connectivity index (χ1) is 69.9. The summed E-state index contributed by atoms with van der Waals surface area (Å²) < 4.78 is 107. The monoisotopic (exact) mass is 2180 g/mol. The predicted octanol–water partition coefficient (Wildman–Crippen LogP) is 31.2. The van der Waals surface area contributed by atoms with Gasteiger partial charge in [-0.1, -0.05) is 318 Å². The van der Waals surface area contributed by atoms with Crippen molar-refractivity contribution in [2.45, 2.75) is 38.5 Å². The molecule has 0 aliphatic rings. The fraction of sp³-hybridized carbons (Fsp3) is 0.119. The second kappa shape index (κ2) is 44.8. The van der Waals surface area contributed by atoms with Crippen LogP contribution in [0.25, 0.3) is 188 Å². The summed E-state index contributed by atoms with van der Waals surface area (Å²) in [7, 11) is 21.3. The molecule has 740 valence electrons. The van der Waals surface area contributed by atoms with Gasteiger partial charge in [0.2, 0.25) is 0 Å². The third-order valence-electron chi connectivity index (χ3n) is 27.1. The molecule has 0 atom stereocenters. The van der Waals surface area contributed by atoms with Gasteiger partial charge in [0.05, 0.1) is 53.4 Å². The number of halogens is 10. The zero-order valence-corrected chi connectivity index (χ0v) is 89.2. The smallest absolute Gasteiger partial charge is 0.416 e. The third kappa shape index (κ3) is 24.8. The average molecular weight is 2190 g/mol. The SMILES string of the molecule is CC(C)(C)c1ccc(-c2cccc(-c3cccc4cc(-c5cccc([N+](C)(C)C)c5)ccc34)c2)cc1.CN(C)c1cccc(-c2ccc3c(-c4cc(-c5ccc(F)cc5)cc(-c5ccc(F)cc5)c4)cccc3c2)c1.CN(C)c1cccc(-c2ccc3c(-c4cccc(-c5ccc(C(F)(F)F)cc5)c4)cccc3c2)c1.C[N+](C)(C)c1cccc(-c2ccc3c(-c4cccc(-c5ccc(C(F)(F)F)cc5)c4)cccc3c2)c1.[I-].[I-]. The molecule has 0 heterocycles. The Labute approximate surface area is 897 Å². The van der Waals surface area contributed by atoms with E-state index in [2.05, 4.69) is 376 Å². The van der Waals surface area contributed by atoms with Gasteiger partial charge < -0.3 is 57.8 Å². The molecule has 0 amide bonds. The highest BCUT2D eigenvalue weighted by molar-refractivity contribution is 6.04. The van der Waals surface area contributed by atoms with Crippen LogP contribution in [0, 0.1) is 11.6 Å². The van der Waals surface area contributed by atoms with Crippen LogP contribution in [0.15, 0.2) is 455 Å². The molecule has 0 unspecified atom stereocenters. The van der Waals surface area contributed by atoms with Crippen molar-refractivity contribution in [3.05, 3.63) is 483 Å². The van der Waals surface area contributed by atoms with Crippen molar-refractivity contribution in [2.24, 2.45) is 0 Å². The molecular formula is C134H114F8I2N4. The number of quaternary nitrogens is 2. The number of rotatable bonds is 17. The minimum absolute atomic E-state index is 0. The Morgan fingerprint density at radius 3 is 0.676 bits per heavy atom. The molecule has 0 aromatic heterocycles. The number of alkyl halides is 6. The fourth-order valence-electron chi connectivity index (χ4n) is 18.9. The van der Waals surface area contributed by atoms with Gasteiger partial charge >= 0.3 is 12.4 Å². The van der Waals surface area contributed by atoms with Gasteiger partial charge in [-0.3, -0.25) is 8.97 Å². The van der Waals surface area contributed by atoms with Crippen molar-refractivity contribution < 1.29 is 83.1 Å². The summed E-state index contributed by atoms with van der Waals surface area (Å²) in [5.41, 5.74) is 33.0. The molecule has 0 saturated heterocycles. The van der Waals surface area contributed by atoms with Crippen LogP contribution in [-0.4, -0.2) is 70.5 Å². The van der Waals surface area contributed by atoms with E-state index < -0.39 is 23.5 Å². The highest BCUT2D eigenvalue weighted by atomic mass is 127. The van der Waals surface area contributed by atoms with Gasteiger partial charge in [-0.15, -0.1) is 0 Å². The van der Waals surface area contributed by atoms with Crippen molar-refractivity contribution in [2.75, 3.05) is 80.3 Å². The summed E-state index contributed by atoms with van der Waals surface area (Å²) in [5.74, 6) is -0.538. The summed E-state index contributed by atoms with van der Waals surface area (Å²) in [5, 5.41) is 9.38. The van der Waals surface area contributed by atoms with Gasteiger partial charge in [0, 0.05) is 51.7 Å². The summed E-state index contributed by atoms with van der Waals surface area (Å²) in [4.78, 5) is 4.20. The Morgan fingerprint density at radius 2 is 0.399 bits per heavy atom. The Morgan fingerprint density at radius 1 is 0.189 bits per heavy atom. The maximum atomic E-state index is 13.7. The van der Waals surface area contributed by atoms with Crippen molar-refractivity contribution in [3.63, 3.8) is 0 Å². The normalized spacial score (nSPS) is 11.6. The van der Waals surface area contributed by atoms with Crippen LogP contribution in [-0.2, 0) is 17.8 Å². The molecular weight excluding hydrogens is 2070 g/mol. The first-order valence-electron chi connectivity index (χ1n) is 48.9. The van der Waals surface area contributed by atoms with E-state index in [1.165, 1.54) is 121 Å². The number of anilines is 2. The molecule has 0 aliphatic heterocycles. The molecule has 14 heteroatoms. The van der Waals surface area contributed by atoms with E-state index in [9.17, 15) is 35.1 Å². The van der Waals surface area contributed by atoms with Crippen molar-refractivity contribution >= 4 is 65.8 Å². The van der Waals surface area contributed by atoms with Crippen LogP contribution in [0.1, 0.15) is 37.5 Å². The third-order valence-corrected chi connectivity index (χ3v) is 27.1. The second-order valence-corrected chi connectivity index (χ2v) is 40.5. The molecule has 148 heavy (non-hydrogen) atoms. The van der Waals surface area contributed by atoms with Crippen LogP contribution in [0.2, 0.25) is 0 Å². The lowest BCUT2D eigenvalue weighted by Gasteiger charge is -2.23. The van der Waals surface area contributed by atoms with E-state index in [0.29, 0.717) is 0 Å². The Bertz CT molecular complexity index is 8020. The highest BCUT2D eigenvalue weighted by Gasteiger charge is 2.32. The highest BCUT2D eigenvalue weighted by Crippen LogP contribution is 2.45. The summed E-state index contributed by atoms with van der Waals surface area (Å²) >= 11 is 0. The molecule has 0 bridgehead atoms. The first-order valence-corrected chi connectivity index (χ1v) is 48.9. The molecule has 4 nitrogen and oxygen atoms in total. The largest absolute Gasteiger partial charge is 1.00 e. The van der Waals surface area contributed by atoms with Crippen LogP contribution in [0.3, 0.4) is 0 Å². The molecule has 0 saturated carbocycles. The first kappa shape index (κ1) is 106. The fourth-order valence-corrected chi connectivity index (χ4v) is 18.9. The van der Waals surface area contributed by atoms with Crippen LogP contribution < -0.4 is 66.7 Å². The summed E-state index contributed by atoms with van der Waals surface area (Å²) in [6.45, 7) is 6.78. The Hall–Kier alpha value is -14.9. The zero-order valence-electron chi connectivity index (χ0n) is 84.9. The topological polar surface area (TPSA) is 6.48 Å². The molecule has 0 N–H and O–H groups in total. The maximum absolute atomic E-state index is 13.7. The summed E-state index contributed by atoms with van der Waals surface area (Å²) in [6, 6.07) is 150. The lowest BCUT2D eigenvalue weighted by molar-refractivity contribution is -0.138. The van der Waals surface area contributed by atoms with Crippen LogP contribution in [0.4, 0.5) is 57.9 Å². The molecule has 0 aliphatic carbocycles. The number of fused-ring (bicyclic) bond motifs is 4. The predicted molar refractivity (Wildman–Crippen MR) is 603 cm³/mol. The van der Waals surface area contributed by atoms with Crippen LogP contribution in [0.5, 0.6) is 0 Å². The lowest BCUT2D eigenvalue weighted by Crippen LogP contribution is -3.00. The lowest BCUT2D eigenvalue weighted by atomic mass is 9.86. The molecule has 21 rings (SSSR count). The van der Waals surface area contributed by atoms with Crippen LogP contribution >= 0.6 is 0 Å². The minimum Gasteiger partial charge on any atom is -1.00 e. The van der Waals surface area contributed by atoms with Gasteiger partial charge in [0.1, 0.15) is 23.0 Å².